The van der Waals surface area contributed by atoms with Gasteiger partial charge >= 0.3 is 5.82 Å². The van der Waals surface area contributed by atoms with Crippen molar-refractivity contribution in [3.05, 3.63) is 124 Å². The van der Waals surface area contributed by atoms with E-state index in [9.17, 15) is 10.1 Å². The van der Waals surface area contributed by atoms with Gasteiger partial charge in [0.2, 0.25) is 0 Å². The van der Waals surface area contributed by atoms with E-state index in [-0.39, 0.29) is 5.82 Å². The molecule has 2 heterocycles. The molecule has 0 radical (unpaired) electrons. The average molecular weight is 398 g/mol. The van der Waals surface area contributed by atoms with Gasteiger partial charge in [-0.2, -0.15) is 0 Å². The molecule has 0 aliphatic rings. The first-order valence-electron chi connectivity index (χ1n) is 9.22. The zero-order valence-electron chi connectivity index (χ0n) is 15.9. The number of rotatable bonds is 6. The lowest BCUT2D eigenvalue weighted by molar-refractivity contribution is -0.389. The molecule has 7 nitrogen and oxygen atoms in total. The number of pyridine rings is 2. The summed E-state index contributed by atoms with van der Waals surface area (Å²) in [5.74, 6) is 0.629. The standard InChI is InChI=1S/C23H18N4O3/c24-23(17-7-3-1-4-8-17,18-9-5-2-6-10-18)21-15-19(13-14-25-21)30-20-11-12-22(26-16-20)27(28)29/h1-16H,24H2. The molecule has 7 heteroatoms. The highest BCUT2D eigenvalue weighted by Gasteiger charge is 2.33. The lowest BCUT2D eigenvalue weighted by Crippen LogP contribution is -2.40. The molecule has 2 aromatic heterocycles. The van der Waals surface area contributed by atoms with E-state index in [1.807, 2.05) is 60.7 Å². The number of nitrogens with zero attached hydrogens (tertiary/aromatic N) is 3. The van der Waals surface area contributed by atoms with Crippen LogP contribution in [0, 0.1) is 10.1 Å². The molecule has 4 rings (SSSR count). The Kier molecular flexibility index (Phi) is 5.19. The number of ether oxygens (including phenoxy) is 1. The van der Waals surface area contributed by atoms with Crippen LogP contribution in [-0.2, 0) is 5.54 Å². The van der Waals surface area contributed by atoms with Crippen LogP contribution in [0.1, 0.15) is 16.8 Å². The van der Waals surface area contributed by atoms with Crippen LogP contribution in [0.15, 0.2) is 97.3 Å². The maximum atomic E-state index is 10.8. The molecule has 0 saturated heterocycles. The summed E-state index contributed by atoms with van der Waals surface area (Å²) in [7, 11) is 0. The van der Waals surface area contributed by atoms with Crippen molar-refractivity contribution in [2.75, 3.05) is 0 Å². The Hall–Kier alpha value is -4.10. The molecule has 0 fully saturated rings. The summed E-state index contributed by atoms with van der Waals surface area (Å²) in [6, 6.07) is 25.7. The third-order valence-corrected chi connectivity index (χ3v) is 4.74. The Morgan fingerprint density at radius 1 is 0.833 bits per heavy atom. The lowest BCUT2D eigenvalue weighted by atomic mass is 9.80. The maximum absolute atomic E-state index is 10.8. The van der Waals surface area contributed by atoms with Gasteiger partial charge < -0.3 is 20.6 Å². The Balaban J connectivity index is 1.73. The van der Waals surface area contributed by atoms with Crippen molar-refractivity contribution in [2.45, 2.75) is 5.54 Å². The lowest BCUT2D eigenvalue weighted by Gasteiger charge is -2.30. The van der Waals surface area contributed by atoms with Crippen LogP contribution in [0.3, 0.4) is 0 Å². The smallest absolute Gasteiger partial charge is 0.363 e. The fourth-order valence-electron chi connectivity index (χ4n) is 3.23. The van der Waals surface area contributed by atoms with Crippen LogP contribution in [0.4, 0.5) is 5.82 Å². The molecule has 0 saturated carbocycles. The van der Waals surface area contributed by atoms with Gasteiger partial charge in [0.05, 0.1) is 5.69 Å². The molecule has 2 aromatic carbocycles. The highest BCUT2D eigenvalue weighted by Crippen LogP contribution is 2.35. The fourth-order valence-corrected chi connectivity index (χ4v) is 3.23. The maximum Gasteiger partial charge on any atom is 0.363 e. The number of hydrogen-bond donors (Lipinski definition) is 1. The summed E-state index contributed by atoms with van der Waals surface area (Å²) < 4.78 is 5.84. The molecule has 0 bridgehead atoms. The topological polar surface area (TPSA) is 104 Å². The summed E-state index contributed by atoms with van der Waals surface area (Å²) in [6.07, 6.45) is 2.93. The highest BCUT2D eigenvalue weighted by molar-refractivity contribution is 5.48. The Labute approximate surface area is 173 Å². The molecular formula is C23H18N4O3. The Morgan fingerprint density at radius 3 is 2.00 bits per heavy atom. The van der Waals surface area contributed by atoms with Crippen LogP contribution in [0.2, 0.25) is 0 Å². The number of aromatic nitrogens is 2. The minimum absolute atomic E-state index is 0.244. The van der Waals surface area contributed by atoms with E-state index >= 15 is 0 Å². The van der Waals surface area contributed by atoms with E-state index in [0.717, 1.165) is 11.1 Å². The van der Waals surface area contributed by atoms with Gasteiger partial charge in [0, 0.05) is 18.3 Å². The molecule has 0 atom stereocenters. The van der Waals surface area contributed by atoms with Crippen LogP contribution in [0.25, 0.3) is 0 Å². The third kappa shape index (κ3) is 3.74. The van der Waals surface area contributed by atoms with E-state index in [0.29, 0.717) is 17.2 Å². The van der Waals surface area contributed by atoms with Crippen molar-refractivity contribution >= 4 is 5.82 Å². The predicted molar refractivity (Wildman–Crippen MR) is 112 cm³/mol. The van der Waals surface area contributed by atoms with E-state index in [1.54, 1.807) is 18.3 Å². The SMILES string of the molecule is NC(c1ccccc1)(c1ccccc1)c1cc(Oc2ccc([N+](=O)[O-])nc2)ccn1. The summed E-state index contributed by atoms with van der Waals surface area (Å²) in [6.45, 7) is 0. The molecule has 0 aliphatic carbocycles. The zero-order chi connectivity index (χ0) is 21.0. The van der Waals surface area contributed by atoms with E-state index < -0.39 is 10.5 Å². The molecule has 0 unspecified atom stereocenters. The van der Waals surface area contributed by atoms with Crippen molar-refractivity contribution in [3.8, 4) is 11.5 Å². The normalized spacial score (nSPS) is 11.1. The molecule has 4 aromatic rings. The van der Waals surface area contributed by atoms with Gasteiger partial charge in [0.25, 0.3) is 0 Å². The van der Waals surface area contributed by atoms with Crippen LogP contribution >= 0.6 is 0 Å². The van der Waals surface area contributed by atoms with Crippen LogP contribution in [0.5, 0.6) is 11.5 Å². The van der Waals surface area contributed by atoms with Crippen molar-refractivity contribution in [1.29, 1.82) is 0 Å². The summed E-state index contributed by atoms with van der Waals surface area (Å²) in [4.78, 5) is 18.5. The van der Waals surface area contributed by atoms with Crippen molar-refractivity contribution in [2.24, 2.45) is 5.73 Å². The van der Waals surface area contributed by atoms with E-state index in [1.165, 1.54) is 18.3 Å². The molecule has 0 spiro atoms. The second kappa shape index (κ2) is 8.10. The van der Waals surface area contributed by atoms with Crippen molar-refractivity contribution in [1.82, 2.24) is 9.97 Å². The number of benzene rings is 2. The zero-order valence-corrected chi connectivity index (χ0v) is 15.9. The summed E-state index contributed by atoms with van der Waals surface area (Å²) in [5.41, 5.74) is 8.36. The minimum Gasteiger partial charge on any atom is -0.453 e. The first kappa shape index (κ1) is 19.2. The summed E-state index contributed by atoms with van der Waals surface area (Å²) in [5, 5.41) is 10.8. The second-order valence-electron chi connectivity index (χ2n) is 6.63. The third-order valence-electron chi connectivity index (χ3n) is 4.74. The number of nitrogens with two attached hydrogens (primary N) is 1. The van der Waals surface area contributed by atoms with E-state index in [2.05, 4.69) is 9.97 Å². The van der Waals surface area contributed by atoms with E-state index in [4.69, 9.17) is 10.5 Å². The van der Waals surface area contributed by atoms with Gasteiger partial charge in [0.15, 0.2) is 11.9 Å². The summed E-state index contributed by atoms with van der Waals surface area (Å²) >= 11 is 0. The molecular weight excluding hydrogens is 380 g/mol. The first-order valence-corrected chi connectivity index (χ1v) is 9.22. The highest BCUT2D eigenvalue weighted by atomic mass is 16.6. The molecule has 148 valence electrons. The predicted octanol–water partition coefficient (Wildman–Crippen LogP) is 4.43. The second-order valence-corrected chi connectivity index (χ2v) is 6.63. The van der Waals surface area contributed by atoms with Crippen molar-refractivity contribution < 1.29 is 9.66 Å². The fraction of sp³-hybridized carbons (Fsp3) is 0.0435. The molecule has 0 aliphatic heterocycles. The minimum atomic E-state index is -0.990. The first-order chi connectivity index (χ1) is 14.6. The largest absolute Gasteiger partial charge is 0.453 e. The molecule has 0 amide bonds. The van der Waals surface area contributed by atoms with Crippen LogP contribution in [-0.4, -0.2) is 14.9 Å². The Morgan fingerprint density at radius 2 is 1.47 bits per heavy atom. The number of hydrogen-bond acceptors (Lipinski definition) is 6. The van der Waals surface area contributed by atoms with Crippen molar-refractivity contribution in [3.63, 3.8) is 0 Å². The van der Waals surface area contributed by atoms with Gasteiger partial charge in [-0.25, -0.2) is 0 Å². The van der Waals surface area contributed by atoms with Gasteiger partial charge in [0.1, 0.15) is 11.3 Å². The van der Waals surface area contributed by atoms with Gasteiger partial charge in [-0.3, -0.25) is 4.98 Å². The van der Waals surface area contributed by atoms with Crippen LogP contribution < -0.4 is 10.5 Å². The Bertz CT molecular complexity index is 1110. The average Bonchev–Trinajstić information content (AvgIpc) is 2.80. The van der Waals surface area contributed by atoms with Gasteiger partial charge in [-0.15, -0.1) is 0 Å². The monoisotopic (exact) mass is 398 g/mol. The van der Waals surface area contributed by atoms with Gasteiger partial charge in [-0.05, 0) is 33.2 Å². The number of nitro groups is 1. The quantitative estimate of drug-likeness (QED) is 0.381. The van der Waals surface area contributed by atoms with Gasteiger partial charge in [-0.1, -0.05) is 60.7 Å². The molecule has 30 heavy (non-hydrogen) atoms. The molecule has 2 N–H and O–H groups in total.